The summed E-state index contributed by atoms with van der Waals surface area (Å²) in [6.07, 6.45) is -0.0919. The van der Waals surface area contributed by atoms with E-state index in [1.54, 1.807) is 24.3 Å². The number of fused-ring (bicyclic) bond motifs is 5. The summed E-state index contributed by atoms with van der Waals surface area (Å²) in [7, 11) is -3.99. The van der Waals surface area contributed by atoms with E-state index in [1.165, 1.54) is 0 Å². The summed E-state index contributed by atoms with van der Waals surface area (Å²) in [6, 6.07) is 13.6. The lowest BCUT2D eigenvalue weighted by molar-refractivity contribution is -0.175. The number of allylic oxidation sites excluding steroid dienone is 1. The predicted octanol–water partition coefficient (Wildman–Crippen LogP) is 5.36. The molecule has 4 amide bonds. The van der Waals surface area contributed by atoms with Crippen LogP contribution in [0.5, 0.6) is 5.75 Å². The van der Waals surface area contributed by atoms with Crippen LogP contribution in [0.25, 0.3) is 33.3 Å². The van der Waals surface area contributed by atoms with Crippen molar-refractivity contribution in [1.29, 1.82) is 0 Å². The number of amides is 4. The predicted molar refractivity (Wildman–Crippen MR) is 205 cm³/mol. The summed E-state index contributed by atoms with van der Waals surface area (Å²) in [5.74, 6) is -5.25. The summed E-state index contributed by atoms with van der Waals surface area (Å²) in [5, 5.41) is 4.61. The summed E-state index contributed by atoms with van der Waals surface area (Å²) >= 11 is 0. The van der Waals surface area contributed by atoms with Crippen LogP contribution in [-0.2, 0) is 29.2 Å². The maximum Gasteiger partial charge on any atom is 0.471 e. The Hall–Kier alpha value is -5.45. The van der Waals surface area contributed by atoms with Crippen molar-refractivity contribution in [3.8, 4) is 17.0 Å². The van der Waals surface area contributed by atoms with Gasteiger partial charge in [0.25, 0.3) is 5.91 Å². The number of para-hydroxylation sites is 1. The number of nitrogens with zero attached hydrogens (tertiary/aromatic N) is 2. The minimum atomic E-state index is -5.27. The lowest BCUT2D eigenvalue weighted by Gasteiger charge is -2.30. The van der Waals surface area contributed by atoms with Crippen LogP contribution in [-0.4, -0.2) is 83.6 Å². The Morgan fingerprint density at radius 1 is 1.03 bits per heavy atom. The van der Waals surface area contributed by atoms with E-state index in [0.717, 1.165) is 16.0 Å². The van der Waals surface area contributed by atoms with Crippen molar-refractivity contribution in [3.05, 3.63) is 72.3 Å². The molecule has 58 heavy (non-hydrogen) atoms. The first-order valence-corrected chi connectivity index (χ1v) is 21.0. The van der Waals surface area contributed by atoms with Crippen molar-refractivity contribution in [2.24, 2.45) is 5.92 Å². The zero-order valence-electron chi connectivity index (χ0n) is 31.5. The van der Waals surface area contributed by atoms with E-state index in [0.29, 0.717) is 66.3 Å². The molecule has 4 heterocycles. The Morgan fingerprint density at radius 3 is 2.53 bits per heavy atom. The molecule has 13 nitrogen and oxygen atoms in total. The fourth-order valence-corrected chi connectivity index (χ4v) is 9.24. The molecule has 0 unspecified atom stereocenters. The van der Waals surface area contributed by atoms with Gasteiger partial charge in [0.15, 0.2) is 11.3 Å². The highest BCUT2D eigenvalue weighted by atomic mass is 32.2. The Labute approximate surface area is 331 Å². The summed E-state index contributed by atoms with van der Waals surface area (Å²) < 4.78 is 81.3. The molecule has 3 fully saturated rings. The van der Waals surface area contributed by atoms with Crippen LogP contribution >= 0.6 is 0 Å². The number of ether oxygens (including phenoxy) is 1. The number of rotatable bonds is 7. The maximum atomic E-state index is 14.4. The number of alkyl halides is 3. The normalized spacial score (nSPS) is 26.2. The number of pyridine rings is 1. The molecule has 3 N–H and O–H groups in total. The third kappa shape index (κ3) is 7.87. The summed E-state index contributed by atoms with van der Waals surface area (Å²) in [6.45, 7) is 1.68. The molecule has 0 radical (unpaired) electrons. The second-order valence-corrected chi connectivity index (χ2v) is 17.6. The smallest absolute Gasteiger partial charge is 0.471 e. The van der Waals surface area contributed by atoms with Crippen molar-refractivity contribution in [2.75, 3.05) is 6.54 Å². The number of furan rings is 1. The SMILES string of the molecule is Cc1ccc(-c2cc(O[C@@H]3C[C@H]4C(=O)N[C@]5(C(=O)NS(=O)(=O)C6CC6)C[C@H]5/C=C\CCCCC[C@H](NC(=O)C(F)(F)F)C(=O)N4C3)c3oc4ccccc4c3n2)cc1. The third-order valence-electron chi connectivity index (χ3n) is 11.3. The Bertz CT molecular complexity index is 2430. The average molecular weight is 822 g/mol. The first-order chi connectivity index (χ1) is 27.6. The van der Waals surface area contributed by atoms with Crippen molar-refractivity contribution in [1.82, 2.24) is 25.2 Å². The maximum absolute atomic E-state index is 14.4. The van der Waals surface area contributed by atoms with Gasteiger partial charge in [-0.1, -0.05) is 67.0 Å². The highest BCUT2D eigenvalue weighted by molar-refractivity contribution is 7.91. The van der Waals surface area contributed by atoms with Crippen molar-refractivity contribution in [3.63, 3.8) is 0 Å². The quantitative estimate of drug-likeness (QED) is 0.207. The number of carbonyl (C=O) groups is 4. The van der Waals surface area contributed by atoms with E-state index in [2.05, 4.69) is 10.0 Å². The van der Waals surface area contributed by atoms with Gasteiger partial charge >= 0.3 is 12.1 Å². The molecule has 4 aliphatic rings. The van der Waals surface area contributed by atoms with Gasteiger partial charge in [0.05, 0.1) is 17.5 Å². The van der Waals surface area contributed by atoms with E-state index in [4.69, 9.17) is 14.1 Å². The van der Waals surface area contributed by atoms with Crippen LogP contribution in [0.2, 0.25) is 0 Å². The highest BCUT2D eigenvalue weighted by Gasteiger charge is 2.62. The van der Waals surface area contributed by atoms with Gasteiger partial charge in [-0.15, -0.1) is 0 Å². The Balaban J connectivity index is 1.15. The van der Waals surface area contributed by atoms with Crippen LogP contribution in [0.1, 0.15) is 63.4 Å². The Morgan fingerprint density at radius 2 is 1.79 bits per heavy atom. The van der Waals surface area contributed by atoms with Gasteiger partial charge in [-0.25, -0.2) is 13.4 Å². The van der Waals surface area contributed by atoms with Gasteiger partial charge in [0.1, 0.15) is 34.8 Å². The molecule has 1 saturated heterocycles. The second kappa shape index (κ2) is 15.1. The summed E-state index contributed by atoms with van der Waals surface area (Å²) in [4.78, 5) is 60.7. The zero-order chi connectivity index (χ0) is 41.0. The molecule has 8 rings (SSSR count). The van der Waals surface area contributed by atoms with Crippen molar-refractivity contribution in [2.45, 2.75) is 99.9 Å². The minimum absolute atomic E-state index is 0.0922. The van der Waals surface area contributed by atoms with Crippen LogP contribution < -0.4 is 20.1 Å². The molecule has 2 saturated carbocycles. The van der Waals surface area contributed by atoms with Gasteiger partial charge in [-0.05, 0) is 57.6 Å². The van der Waals surface area contributed by atoms with E-state index < -0.39 is 74.7 Å². The van der Waals surface area contributed by atoms with Gasteiger partial charge in [-0.2, -0.15) is 13.2 Å². The number of halogens is 3. The van der Waals surface area contributed by atoms with Crippen molar-refractivity contribution < 1.29 is 49.9 Å². The lowest BCUT2D eigenvalue weighted by atomic mass is 10.0. The molecule has 2 aromatic carbocycles. The van der Waals surface area contributed by atoms with Gasteiger partial charge in [0, 0.05) is 29.4 Å². The summed E-state index contributed by atoms with van der Waals surface area (Å²) in [5.41, 5.74) is 2.05. The number of nitrogens with one attached hydrogen (secondary N) is 3. The number of hydrogen-bond acceptors (Lipinski definition) is 9. The zero-order valence-corrected chi connectivity index (χ0v) is 32.3. The number of hydrogen-bond donors (Lipinski definition) is 3. The van der Waals surface area contributed by atoms with E-state index >= 15 is 0 Å². The molecule has 17 heteroatoms. The van der Waals surface area contributed by atoms with Crippen LogP contribution in [0.15, 0.2) is 71.2 Å². The largest absolute Gasteiger partial charge is 0.484 e. The fourth-order valence-electron chi connectivity index (χ4n) is 7.88. The molecule has 5 atom stereocenters. The van der Waals surface area contributed by atoms with E-state index in [1.807, 2.05) is 54.7 Å². The number of aromatic nitrogens is 1. The standard InChI is InChI=1S/C41H42F3N5O8S/c1-23-13-15-24(16-14-23)30-20-33(35-34(45-30)28-10-7-8-12-32(28)57-35)56-26-19-31-36(50)47-40(38(52)48-58(54,55)27-17-18-27)21-25(40)9-5-3-2-4-6-11-29(37(51)49(31)22-26)46-39(53)41(42,43)44/h5,7-10,12-16,20,25-27,29,31H,2-4,6,11,17-19,21-22H2,1H3,(H,46,53)(H,47,50)(H,48,52)/b9-5-/t25-,26-,29+,31+,40-/m1/s1. The minimum Gasteiger partial charge on any atom is -0.484 e. The molecule has 2 aromatic heterocycles. The van der Waals surface area contributed by atoms with Gasteiger partial charge in [0.2, 0.25) is 21.8 Å². The molecule has 0 spiro atoms. The third-order valence-corrected chi connectivity index (χ3v) is 13.2. The Kier molecular flexibility index (Phi) is 10.2. The molecule has 0 bridgehead atoms. The highest BCUT2D eigenvalue weighted by Crippen LogP contribution is 2.46. The monoisotopic (exact) mass is 821 g/mol. The second-order valence-electron chi connectivity index (χ2n) is 15.7. The number of aryl methyl sites for hydroxylation is 1. The first kappa shape index (κ1) is 39.4. The van der Waals surface area contributed by atoms with Crippen LogP contribution in [0, 0.1) is 12.8 Å². The fraction of sp³-hybridized carbons (Fsp3) is 0.439. The number of benzene rings is 2. The van der Waals surface area contributed by atoms with Crippen molar-refractivity contribution >= 4 is 55.7 Å². The first-order valence-electron chi connectivity index (χ1n) is 19.4. The molecule has 4 aromatic rings. The van der Waals surface area contributed by atoms with E-state index in [-0.39, 0.29) is 31.6 Å². The number of sulfonamides is 1. The molecule has 2 aliphatic heterocycles. The van der Waals surface area contributed by atoms with Gasteiger partial charge in [-0.3, -0.25) is 23.9 Å². The molecular weight excluding hydrogens is 780 g/mol. The molecule has 306 valence electrons. The van der Waals surface area contributed by atoms with Crippen LogP contribution in [0.3, 0.4) is 0 Å². The average Bonchev–Trinajstić information content (AvgIpc) is 4.08. The van der Waals surface area contributed by atoms with E-state index in [9.17, 15) is 40.8 Å². The lowest BCUT2D eigenvalue weighted by Crippen LogP contribution is -2.58. The van der Waals surface area contributed by atoms with Crippen LogP contribution in [0.4, 0.5) is 13.2 Å². The molecular formula is C41H42F3N5O8S. The topological polar surface area (TPSA) is 177 Å². The molecule has 2 aliphatic carbocycles. The van der Waals surface area contributed by atoms with Gasteiger partial charge < -0.3 is 24.7 Å². The number of carbonyl (C=O) groups excluding carboxylic acids is 4.